The fraction of sp³-hybridized carbons (Fsp3) is 0.312. The number of anilines is 1. The van der Waals surface area contributed by atoms with Crippen LogP contribution in [0.4, 0.5) is 5.69 Å². The van der Waals surface area contributed by atoms with Gasteiger partial charge >= 0.3 is 5.97 Å². The van der Waals surface area contributed by atoms with Crippen molar-refractivity contribution >= 4 is 11.7 Å². The molecule has 2 aromatic rings. The molecule has 106 valence electrons. The van der Waals surface area contributed by atoms with E-state index in [1.807, 2.05) is 25.1 Å². The molecule has 20 heavy (non-hydrogen) atoms. The Morgan fingerprint density at radius 1 is 1.35 bits per heavy atom. The van der Waals surface area contributed by atoms with E-state index in [0.717, 1.165) is 11.3 Å². The Morgan fingerprint density at radius 2 is 2.15 bits per heavy atom. The van der Waals surface area contributed by atoms with Gasteiger partial charge in [-0.2, -0.15) is 0 Å². The molecule has 0 bridgehead atoms. The molecule has 0 aliphatic carbocycles. The van der Waals surface area contributed by atoms with Crippen LogP contribution in [0.3, 0.4) is 0 Å². The molecular formula is C16H19NO3. The van der Waals surface area contributed by atoms with Gasteiger partial charge in [0.2, 0.25) is 0 Å². The summed E-state index contributed by atoms with van der Waals surface area (Å²) in [5.41, 5.74) is 6.46. The molecule has 0 amide bonds. The third-order valence-electron chi connectivity index (χ3n) is 3.36. The van der Waals surface area contributed by atoms with Gasteiger partial charge in [0.1, 0.15) is 5.76 Å². The van der Waals surface area contributed by atoms with E-state index in [4.69, 9.17) is 14.9 Å². The zero-order valence-corrected chi connectivity index (χ0v) is 11.8. The number of nitrogens with two attached hydrogens (primary N) is 1. The largest absolute Gasteiger partial charge is 0.469 e. The second kappa shape index (κ2) is 5.82. The van der Waals surface area contributed by atoms with Gasteiger partial charge in [0.05, 0.1) is 18.3 Å². The summed E-state index contributed by atoms with van der Waals surface area (Å²) in [5.74, 6) is 0.463. The Labute approximate surface area is 118 Å². The zero-order valence-electron chi connectivity index (χ0n) is 11.8. The van der Waals surface area contributed by atoms with Gasteiger partial charge in [0, 0.05) is 12.1 Å². The van der Waals surface area contributed by atoms with E-state index in [2.05, 4.69) is 0 Å². The molecule has 1 atom stereocenters. The second-order valence-corrected chi connectivity index (χ2v) is 4.93. The normalized spacial score (nSPS) is 13.7. The van der Waals surface area contributed by atoms with Gasteiger partial charge < -0.3 is 14.9 Å². The SMILES string of the molecule is CCOC(=O)C(C)(Cc1ccco1)c1cccc(N)c1. The average Bonchev–Trinajstić information content (AvgIpc) is 2.91. The third kappa shape index (κ3) is 2.85. The molecule has 0 radical (unpaired) electrons. The standard InChI is InChI=1S/C16H19NO3/c1-3-19-15(18)16(2,11-14-8-5-9-20-14)12-6-4-7-13(17)10-12/h4-10H,3,11,17H2,1-2H3. The highest BCUT2D eigenvalue weighted by molar-refractivity contribution is 5.83. The van der Waals surface area contributed by atoms with Crippen LogP contribution in [0.15, 0.2) is 47.1 Å². The molecule has 0 saturated heterocycles. The van der Waals surface area contributed by atoms with Crippen LogP contribution in [-0.2, 0) is 21.4 Å². The molecule has 1 aromatic heterocycles. The van der Waals surface area contributed by atoms with Crippen LogP contribution >= 0.6 is 0 Å². The summed E-state index contributed by atoms with van der Waals surface area (Å²) in [4.78, 5) is 12.4. The van der Waals surface area contributed by atoms with Gasteiger partial charge in [0.25, 0.3) is 0 Å². The van der Waals surface area contributed by atoms with Crippen LogP contribution < -0.4 is 5.73 Å². The Morgan fingerprint density at radius 3 is 2.75 bits per heavy atom. The van der Waals surface area contributed by atoms with Crippen LogP contribution in [0.5, 0.6) is 0 Å². The first-order valence-electron chi connectivity index (χ1n) is 6.62. The Kier molecular flexibility index (Phi) is 4.13. The van der Waals surface area contributed by atoms with Crippen LogP contribution in [0.25, 0.3) is 0 Å². The number of hydrogen-bond acceptors (Lipinski definition) is 4. The molecule has 1 aromatic carbocycles. The van der Waals surface area contributed by atoms with Crippen molar-refractivity contribution < 1.29 is 13.9 Å². The lowest BCUT2D eigenvalue weighted by atomic mass is 9.78. The van der Waals surface area contributed by atoms with Crippen molar-refractivity contribution in [3.05, 3.63) is 54.0 Å². The number of benzene rings is 1. The van der Waals surface area contributed by atoms with E-state index in [1.54, 1.807) is 31.4 Å². The van der Waals surface area contributed by atoms with Crippen molar-refractivity contribution in [2.75, 3.05) is 12.3 Å². The molecule has 0 spiro atoms. The van der Waals surface area contributed by atoms with Crippen molar-refractivity contribution in [2.45, 2.75) is 25.7 Å². The number of ether oxygens (including phenoxy) is 1. The minimum atomic E-state index is -0.816. The highest BCUT2D eigenvalue weighted by Gasteiger charge is 2.38. The number of esters is 1. The number of rotatable bonds is 5. The fourth-order valence-corrected chi connectivity index (χ4v) is 2.23. The van der Waals surface area contributed by atoms with Crippen LogP contribution in [0.1, 0.15) is 25.2 Å². The van der Waals surface area contributed by atoms with Crippen LogP contribution in [0.2, 0.25) is 0 Å². The summed E-state index contributed by atoms with van der Waals surface area (Å²) in [7, 11) is 0. The summed E-state index contributed by atoms with van der Waals surface area (Å²) in [6, 6.07) is 11.0. The lowest BCUT2D eigenvalue weighted by molar-refractivity contribution is -0.149. The van der Waals surface area contributed by atoms with Crippen LogP contribution in [0, 0.1) is 0 Å². The highest BCUT2D eigenvalue weighted by Crippen LogP contribution is 2.31. The van der Waals surface area contributed by atoms with E-state index in [1.165, 1.54) is 0 Å². The van der Waals surface area contributed by atoms with Crippen molar-refractivity contribution in [1.82, 2.24) is 0 Å². The van der Waals surface area contributed by atoms with Crippen LogP contribution in [-0.4, -0.2) is 12.6 Å². The van der Waals surface area contributed by atoms with Gasteiger partial charge in [-0.05, 0) is 43.7 Å². The number of hydrogen-bond donors (Lipinski definition) is 1. The summed E-state index contributed by atoms with van der Waals surface area (Å²) < 4.78 is 10.6. The van der Waals surface area contributed by atoms with Gasteiger partial charge in [-0.3, -0.25) is 4.79 Å². The molecule has 2 N–H and O–H groups in total. The summed E-state index contributed by atoms with van der Waals surface area (Å²) >= 11 is 0. The number of furan rings is 1. The minimum absolute atomic E-state index is 0.276. The number of carbonyl (C=O) groups is 1. The summed E-state index contributed by atoms with van der Waals surface area (Å²) in [6.45, 7) is 3.99. The van der Waals surface area contributed by atoms with Crippen molar-refractivity contribution in [3.63, 3.8) is 0 Å². The smallest absolute Gasteiger partial charge is 0.316 e. The van der Waals surface area contributed by atoms with E-state index < -0.39 is 5.41 Å². The average molecular weight is 273 g/mol. The van der Waals surface area contributed by atoms with Gasteiger partial charge in [0.15, 0.2) is 0 Å². The Hall–Kier alpha value is -2.23. The number of carbonyl (C=O) groups excluding carboxylic acids is 1. The Bertz CT molecular complexity index is 577. The quantitative estimate of drug-likeness (QED) is 0.672. The topological polar surface area (TPSA) is 65.5 Å². The van der Waals surface area contributed by atoms with Gasteiger partial charge in [-0.1, -0.05) is 12.1 Å². The molecule has 0 saturated carbocycles. The molecule has 0 fully saturated rings. The van der Waals surface area contributed by atoms with Gasteiger partial charge in [-0.25, -0.2) is 0 Å². The van der Waals surface area contributed by atoms with Crippen molar-refractivity contribution in [1.29, 1.82) is 0 Å². The lowest BCUT2D eigenvalue weighted by Crippen LogP contribution is -2.36. The molecule has 4 nitrogen and oxygen atoms in total. The van der Waals surface area contributed by atoms with E-state index >= 15 is 0 Å². The maximum absolute atomic E-state index is 12.4. The van der Waals surface area contributed by atoms with Crippen molar-refractivity contribution in [3.8, 4) is 0 Å². The van der Waals surface area contributed by atoms with Gasteiger partial charge in [-0.15, -0.1) is 0 Å². The van der Waals surface area contributed by atoms with E-state index in [0.29, 0.717) is 18.7 Å². The molecule has 0 aliphatic rings. The first-order valence-corrected chi connectivity index (χ1v) is 6.62. The maximum Gasteiger partial charge on any atom is 0.316 e. The monoisotopic (exact) mass is 273 g/mol. The molecule has 4 heteroatoms. The first-order chi connectivity index (χ1) is 9.56. The first kappa shape index (κ1) is 14.2. The summed E-state index contributed by atoms with van der Waals surface area (Å²) in [5, 5.41) is 0. The zero-order chi connectivity index (χ0) is 14.6. The molecule has 0 aliphatic heterocycles. The molecule has 2 rings (SSSR count). The van der Waals surface area contributed by atoms with E-state index in [9.17, 15) is 4.79 Å². The fourth-order valence-electron chi connectivity index (χ4n) is 2.23. The predicted molar refractivity (Wildman–Crippen MR) is 77.3 cm³/mol. The Balaban J connectivity index is 2.40. The molecule has 1 heterocycles. The maximum atomic E-state index is 12.4. The lowest BCUT2D eigenvalue weighted by Gasteiger charge is -2.27. The molecule has 1 unspecified atom stereocenters. The highest BCUT2D eigenvalue weighted by atomic mass is 16.5. The number of nitrogen functional groups attached to an aromatic ring is 1. The summed E-state index contributed by atoms with van der Waals surface area (Å²) in [6.07, 6.45) is 2.03. The molecular weight excluding hydrogens is 254 g/mol. The van der Waals surface area contributed by atoms with Crippen molar-refractivity contribution in [2.24, 2.45) is 0 Å². The second-order valence-electron chi connectivity index (χ2n) is 4.93. The minimum Gasteiger partial charge on any atom is -0.469 e. The van der Waals surface area contributed by atoms with E-state index in [-0.39, 0.29) is 5.97 Å². The third-order valence-corrected chi connectivity index (χ3v) is 3.36. The predicted octanol–water partition coefficient (Wildman–Crippen LogP) is 2.93.